The van der Waals surface area contributed by atoms with Crippen molar-refractivity contribution in [1.29, 1.82) is 0 Å². The zero-order valence-electron chi connectivity index (χ0n) is 8.95. The van der Waals surface area contributed by atoms with Crippen molar-refractivity contribution in [2.24, 2.45) is 0 Å². The molecule has 0 saturated heterocycles. The van der Waals surface area contributed by atoms with Crippen LogP contribution in [0.15, 0.2) is 18.2 Å². The summed E-state index contributed by atoms with van der Waals surface area (Å²) < 4.78 is 4.97. The normalized spacial score (nSPS) is 14.2. The maximum atomic E-state index is 10.5. The van der Waals surface area contributed by atoms with Gasteiger partial charge in [-0.05, 0) is 26.0 Å². The van der Waals surface area contributed by atoms with Crippen molar-refractivity contribution >= 4 is 5.69 Å². The summed E-state index contributed by atoms with van der Waals surface area (Å²) in [4.78, 5) is 10.0. The van der Waals surface area contributed by atoms with Gasteiger partial charge in [0.05, 0.1) is 4.92 Å². The molecule has 16 heavy (non-hydrogen) atoms. The molecular formula is C10H13NO5. The summed E-state index contributed by atoms with van der Waals surface area (Å²) in [5.74, 6) is 0.275. The molecule has 0 amide bonds. The fourth-order valence-electron chi connectivity index (χ4n) is 1.14. The second-order valence-electron chi connectivity index (χ2n) is 3.45. The van der Waals surface area contributed by atoms with Crippen LogP contribution in [0.4, 0.5) is 5.69 Å². The number of aryl methyl sites for hydroxylation is 1. The molecule has 2 unspecified atom stereocenters. The lowest BCUT2D eigenvalue weighted by Crippen LogP contribution is -2.28. The van der Waals surface area contributed by atoms with Crippen LogP contribution in [0.25, 0.3) is 0 Å². The van der Waals surface area contributed by atoms with Crippen LogP contribution in [0.5, 0.6) is 5.75 Å². The summed E-state index contributed by atoms with van der Waals surface area (Å²) in [7, 11) is 0. The zero-order valence-corrected chi connectivity index (χ0v) is 8.95. The van der Waals surface area contributed by atoms with Crippen molar-refractivity contribution in [3.05, 3.63) is 33.9 Å². The highest BCUT2D eigenvalue weighted by Crippen LogP contribution is 2.23. The number of nitrogens with zero attached hydrogens (tertiary/aromatic N) is 1. The molecule has 6 heteroatoms. The Balaban J connectivity index is 2.85. The fraction of sp³-hybridized carbons (Fsp3) is 0.400. The summed E-state index contributed by atoms with van der Waals surface area (Å²) in [6.45, 7) is 2.95. The Morgan fingerprint density at radius 3 is 2.50 bits per heavy atom. The molecule has 0 bridgehead atoms. The number of aliphatic hydroxyl groups excluding tert-OH is 2. The number of hydrogen-bond acceptors (Lipinski definition) is 5. The monoisotopic (exact) mass is 227 g/mol. The third-order valence-electron chi connectivity index (χ3n) is 2.03. The molecule has 0 aliphatic carbocycles. The van der Waals surface area contributed by atoms with Crippen molar-refractivity contribution in [2.75, 3.05) is 0 Å². The van der Waals surface area contributed by atoms with E-state index in [1.54, 1.807) is 6.92 Å². The van der Waals surface area contributed by atoms with E-state index in [1.807, 2.05) is 0 Å². The van der Waals surface area contributed by atoms with Gasteiger partial charge in [0.1, 0.15) is 11.9 Å². The van der Waals surface area contributed by atoms with Gasteiger partial charge in [0, 0.05) is 11.6 Å². The molecule has 0 aromatic heterocycles. The van der Waals surface area contributed by atoms with Gasteiger partial charge in [0.25, 0.3) is 5.69 Å². The van der Waals surface area contributed by atoms with Gasteiger partial charge < -0.3 is 14.9 Å². The third kappa shape index (κ3) is 2.91. The van der Waals surface area contributed by atoms with Crippen LogP contribution >= 0.6 is 0 Å². The van der Waals surface area contributed by atoms with Crippen LogP contribution in [0.1, 0.15) is 12.5 Å². The Morgan fingerprint density at radius 2 is 2.06 bits per heavy atom. The van der Waals surface area contributed by atoms with Crippen molar-refractivity contribution in [2.45, 2.75) is 26.2 Å². The second kappa shape index (κ2) is 4.91. The summed E-state index contributed by atoms with van der Waals surface area (Å²) in [6.07, 6.45) is -2.38. The first-order valence-corrected chi connectivity index (χ1v) is 4.69. The first kappa shape index (κ1) is 12.4. The third-order valence-corrected chi connectivity index (χ3v) is 2.03. The molecule has 6 nitrogen and oxygen atoms in total. The van der Waals surface area contributed by atoms with Gasteiger partial charge in [-0.3, -0.25) is 10.1 Å². The Bertz CT molecular complexity index is 391. The maximum absolute atomic E-state index is 10.5. The molecule has 88 valence electrons. The summed E-state index contributed by atoms with van der Waals surface area (Å²) in [5, 5.41) is 28.8. The molecular weight excluding hydrogens is 214 g/mol. The van der Waals surface area contributed by atoms with Crippen molar-refractivity contribution < 1.29 is 19.9 Å². The predicted octanol–water partition coefficient (Wildman–Crippen LogP) is 0.981. The molecule has 0 spiro atoms. The summed E-state index contributed by atoms with van der Waals surface area (Å²) in [6, 6.07) is 4.10. The van der Waals surface area contributed by atoms with Crippen LogP contribution in [0, 0.1) is 17.0 Å². The van der Waals surface area contributed by atoms with Gasteiger partial charge in [0.2, 0.25) is 6.29 Å². The maximum Gasteiger partial charge on any atom is 0.272 e. The minimum atomic E-state index is -1.35. The van der Waals surface area contributed by atoms with E-state index in [9.17, 15) is 15.2 Å². The van der Waals surface area contributed by atoms with E-state index in [4.69, 9.17) is 9.84 Å². The Kier molecular flexibility index (Phi) is 3.81. The van der Waals surface area contributed by atoms with E-state index < -0.39 is 17.3 Å². The minimum Gasteiger partial charge on any atom is -0.462 e. The van der Waals surface area contributed by atoms with Gasteiger partial charge in [-0.1, -0.05) is 0 Å². The SMILES string of the molecule is Cc1cc(OC(O)C(C)O)ccc1[N+](=O)[O-]. The van der Waals surface area contributed by atoms with E-state index in [0.29, 0.717) is 5.56 Å². The van der Waals surface area contributed by atoms with E-state index >= 15 is 0 Å². The topological polar surface area (TPSA) is 92.8 Å². The van der Waals surface area contributed by atoms with Crippen LogP contribution < -0.4 is 4.74 Å². The predicted molar refractivity (Wildman–Crippen MR) is 56.1 cm³/mol. The first-order valence-electron chi connectivity index (χ1n) is 4.69. The Labute approximate surface area is 92.2 Å². The zero-order chi connectivity index (χ0) is 12.3. The van der Waals surface area contributed by atoms with E-state index in [2.05, 4.69) is 0 Å². The van der Waals surface area contributed by atoms with Crippen LogP contribution in [0.2, 0.25) is 0 Å². The van der Waals surface area contributed by atoms with Gasteiger partial charge >= 0.3 is 0 Å². The number of nitro benzene ring substituents is 1. The molecule has 0 fully saturated rings. The van der Waals surface area contributed by atoms with Gasteiger partial charge in [-0.15, -0.1) is 0 Å². The Hall–Kier alpha value is -1.66. The van der Waals surface area contributed by atoms with Gasteiger partial charge in [-0.25, -0.2) is 0 Å². The molecule has 0 saturated carbocycles. The summed E-state index contributed by atoms with van der Waals surface area (Å²) in [5.41, 5.74) is 0.416. The fourth-order valence-corrected chi connectivity index (χ4v) is 1.14. The molecule has 0 aliphatic rings. The highest BCUT2D eigenvalue weighted by atomic mass is 16.6. The minimum absolute atomic E-state index is 0.0149. The van der Waals surface area contributed by atoms with Crippen molar-refractivity contribution in [3.63, 3.8) is 0 Å². The number of ether oxygens (including phenoxy) is 1. The molecule has 1 rings (SSSR count). The lowest BCUT2D eigenvalue weighted by molar-refractivity contribution is -0.385. The molecule has 2 N–H and O–H groups in total. The standard InChI is InChI=1S/C10H13NO5/c1-6-5-8(16-10(13)7(2)12)3-4-9(6)11(14)15/h3-5,7,10,12-13H,1-2H3. The second-order valence-corrected chi connectivity index (χ2v) is 3.45. The number of benzene rings is 1. The number of rotatable bonds is 4. The van der Waals surface area contributed by atoms with Crippen molar-refractivity contribution in [3.8, 4) is 5.75 Å². The van der Waals surface area contributed by atoms with Crippen LogP contribution in [-0.4, -0.2) is 27.5 Å². The van der Waals surface area contributed by atoms with E-state index in [0.717, 1.165) is 0 Å². The number of hydrogen-bond donors (Lipinski definition) is 2. The van der Waals surface area contributed by atoms with E-state index in [-0.39, 0.29) is 11.4 Å². The molecule has 2 atom stereocenters. The molecule has 1 aromatic carbocycles. The number of nitro groups is 1. The highest BCUT2D eigenvalue weighted by molar-refractivity contribution is 5.44. The van der Waals surface area contributed by atoms with Gasteiger partial charge in [0.15, 0.2) is 0 Å². The van der Waals surface area contributed by atoms with Crippen molar-refractivity contribution in [1.82, 2.24) is 0 Å². The Morgan fingerprint density at radius 1 is 1.44 bits per heavy atom. The van der Waals surface area contributed by atoms with Gasteiger partial charge in [-0.2, -0.15) is 0 Å². The largest absolute Gasteiger partial charge is 0.462 e. The number of aliphatic hydroxyl groups is 2. The first-order chi connectivity index (χ1) is 7.41. The average molecular weight is 227 g/mol. The molecule has 0 heterocycles. The highest BCUT2D eigenvalue weighted by Gasteiger charge is 2.15. The van der Waals surface area contributed by atoms with E-state index in [1.165, 1.54) is 25.1 Å². The van der Waals surface area contributed by atoms with Crippen LogP contribution in [-0.2, 0) is 0 Å². The molecule has 0 aliphatic heterocycles. The lowest BCUT2D eigenvalue weighted by Gasteiger charge is -2.15. The summed E-state index contributed by atoms with van der Waals surface area (Å²) >= 11 is 0. The van der Waals surface area contributed by atoms with Crippen LogP contribution in [0.3, 0.4) is 0 Å². The average Bonchev–Trinajstić information content (AvgIpc) is 2.16. The molecule has 1 aromatic rings. The quantitative estimate of drug-likeness (QED) is 0.454. The smallest absolute Gasteiger partial charge is 0.272 e. The molecule has 0 radical (unpaired) electrons. The lowest BCUT2D eigenvalue weighted by atomic mass is 10.2.